The van der Waals surface area contributed by atoms with Gasteiger partial charge in [0.25, 0.3) is 11.8 Å². The first-order valence-corrected chi connectivity index (χ1v) is 14.3. The number of nitrogens with zero attached hydrogens (tertiary/aromatic N) is 2. The quantitative estimate of drug-likeness (QED) is 0.361. The summed E-state index contributed by atoms with van der Waals surface area (Å²) in [6.45, 7) is 8.55. The zero-order valence-electron chi connectivity index (χ0n) is 22.8. The predicted molar refractivity (Wildman–Crippen MR) is 150 cm³/mol. The van der Waals surface area contributed by atoms with Gasteiger partial charge in [-0.25, -0.2) is 4.39 Å². The molecule has 2 aromatic rings. The first-order chi connectivity index (χ1) is 18.1. The zero-order valence-corrected chi connectivity index (χ0v) is 23.6. The summed E-state index contributed by atoms with van der Waals surface area (Å²) in [5.41, 5.74) is 6.69. The van der Waals surface area contributed by atoms with Crippen LogP contribution >= 0.6 is 11.5 Å². The maximum absolute atomic E-state index is 14.0. The predicted octanol–water partition coefficient (Wildman–Crippen LogP) is 5.15. The van der Waals surface area contributed by atoms with Crippen LogP contribution in [0.5, 0.6) is 0 Å². The van der Waals surface area contributed by atoms with Gasteiger partial charge < -0.3 is 16.4 Å². The minimum Gasteiger partial charge on any atom is -0.395 e. The van der Waals surface area contributed by atoms with Crippen LogP contribution in [0.2, 0.25) is 0 Å². The highest BCUT2D eigenvalue weighted by molar-refractivity contribution is 7.09. The Morgan fingerprint density at radius 2 is 1.74 bits per heavy atom. The fraction of sp³-hybridized carbons (Fsp3) is 0.571. The molecule has 1 fully saturated rings. The standard InChI is InChI=1S/C28H40FN5O3S/c1-17(2)14-15-31-26(35)22(16-18(3)4)34(21-12-10-19(29)11-13-21)28(37)25-23(30)24(33-38-25)27(36)32-20-8-6-5-7-9-20/h10-13,17-18,20,22H,5-9,14-16,30H2,1-4H3,(H,31,35)(H,32,36)/t22-/m0/s1. The monoisotopic (exact) mass is 545 g/mol. The van der Waals surface area contributed by atoms with E-state index in [1.54, 1.807) is 0 Å². The van der Waals surface area contributed by atoms with Crippen molar-refractivity contribution in [1.82, 2.24) is 15.0 Å². The van der Waals surface area contributed by atoms with Gasteiger partial charge in [0.05, 0.1) is 5.69 Å². The van der Waals surface area contributed by atoms with Crippen LogP contribution in [0.25, 0.3) is 0 Å². The summed E-state index contributed by atoms with van der Waals surface area (Å²) in [6, 6.07) is 4.64. The summed E-state index contributed by atoms with van der Waals surface area (Å²) in [7, 11) is 0. The van der Waals surface area contributed by atoms with Crippen LogP contribution in [-0.2, 0) is 4.79 Å². The lowest BCUT2D eigenvalue weighted by Crippen LogP contribution is -2.51. The molecule has 0 radical (unpaired) electrons. The van der Waals surface area contributed by atoms with Gasteiger partial charge in [0, 0.05) is 18.3 Å². The minimum absolute atomic E-state index is 0.0102. The highest BCUT2D eigenvalue weighted by Crippen LogP contribution is 2.30. The van der Waals surface area contributed by atoms with Crippen LogP contribution < -0.4 is 21.3 Å². The number of rotatable bonds is 11. The molecular weight excluding hydrogens is 505 g/mol. The molecule has 1 atom stereocenters. The fourth-order valence-corrected chi connectivity index (χ4v) is 5.38. The largest absolute Gasteiger partial charge is 0.395 e. The Bertz CT molecular complexity index is 1100. The van der Waals surface area contributed by atoms with Gasteiger partial charge in [0.15, 0.2) is 5.69 Å². The van der Waals surface area contributed by atoms with Gasteiger partial charge in [-0.2, -0.15) is 4.37 Å². The van der Waals surface area contributed by atoms with E-state index in [2.05, 4.69) is 28.9 Å². The number of halogens is 1. The van der Waals surface area contributed by atoms with E-state index in [1.165, 1.54) is 29.2 Å². The maximum atomic E-state index is 14.0. The number of anilines is 2. The number of hydrogen-bond acceptors (Lipinski definition) is 6. The zero-order chi connectivity index (χ0) is 27.8. The molecule has 1 aliphatic carbocycles. The number of amides is 3. The number of aromatic nitrogens is 1. The van der Waals surface area contributed by atoms with E-state index in [0.717, 1.165) is 50.1 Å². The van der Waals surface area contributed by atoms with E-state index in [0.29, 0.717) is 24.6 Å². The van der Waals surface area contributed by atoms with Crippen molar-refractivity contribution >= 4 is 40.6 Å². The topological polar surface area (TPSA) is 117 Å². The number of carbonyl (C=O) groups excluding carboxylic acids is 3. The van der Waals surface area contributed by atoms with Crippen molar-refractivity contribution in [2.45, 2.75) is 84.7 Å². The Balaban J connectivity index is 1.93. The van der Waals surface area contributed by atoms with Crippen LogP contribution in [0.4, 0.5) is 15.8 Å². The molecule has 0 bridgehead atoms. The Morgan fingerprint density at radius 3 is 2.34 bits per heavy atom. The van der Waals surface area contributed by atoms with Crippen LogP contribution in [0, 0.1) is 17.7 Å². The second kappa shape index (κ2) is 13.7. The molecule has 0 unspecified atom stereocenters. The first-order valence-electron chi connectivity index (χ1n) is 13.5. The van der Waals surface area contributed by atoms with Crippen molar-refractivity contribution in [2.24, 2.45) is 11.8 Å². The van der Waals surface area contributed by atoms with Crippen LogP contribution in [-0.4, -0.2) is 40.7 Å². The second-order valence-electron chi connectivity index (χ2n) is 10.9. The SMILES string of the molecule is CC(C)CCNC(=O)[C@H](CC(C)C)N(C(=O)c1snc(C(=O)NC2CCCCC2)c1N)c1ccc(F)cc1. The van der Waals surface area contributed by atoms with Crippen molar-refractivity contribution in [3.8, 4) is 0 Å². The van der Waals surface area contributed by atoms with Crippen molar-refractivity contribution in [1.29, 1.82) is 0 Å². The minimum atomic E-state index is -0.860. The molecule has 0 aliphatic heterocycles. The molecular formula is C28H40FN5O3S. The molecule has 1 aliphatic rings. The number of nitrogen functional groups attached to an aromatic ring is 1. The van der Waals surface area contributed by atoms with Gasteiger partial charge in [-0.1, -0.05) is 47.0 Å². The fourth-order valence-electron chi connectivity index (χ4n) is 4.64. The van der Waals surface area contributed by atoms with Gasteiger partial charge in [-0.15, -0.1) is 0 Å². The lowest BCUT2D eigenvalue weighted by atomic mass is 9.95. The lowest BCUT2D eigenvalue weighted by Gasteiger charge is -2.32. The van der Waals surface area contributed by atoms with Crippen LogP contribution in [0.3, 0.4) is 0 Å². The molecule has 0 spiro atoms. The summed E-state index contributed by atoms with van der Waals surface area (Å²) in [5, 5.41) is 5.95. The number of benzene rings is 1. The number of nitrogens with one attached hydrogen (secondary N) is 2. The number of nitrogens with two attached hydrogens (primary N) is 1. The summed E-state index contributed by atoms with van der Waals surface area (Å²) < 4.78 is 18.0. The van der Waals surface area contributed by atoms with Crippen molar-refractivity contribution in [3.05, 3.63) is 40.7 Å². The van der Waals surface area contributed by atoms with Gasteiger partial charge in [0.2, 0.25) is 5.91 Å². The van der Waals surface area contributed by atoms with E-state index < -0.39 is 23.7 Å². The normalized spacial score (nSPS) is 14.9. The average Bonchev–Trinajstić information content (AvgIpc) is 3.26. The molecule has 3 rings (SSSR count). The van der Waals surface area contributed by atoms with Crippen molar-refractivity contribution < 1.29 is 18.8 Å². The average molecular weight is 546 g/mol. The third-order valence-electron chi connectivity index (χ3n) is 6.73. The summed E-state index contributed by atoms with van der Waals surface area (Å²) >= 11 is 0.838. The highest BCUT2D eigenvalue weighted by atomic mass is 32.1. The lowest BCUT2D eigenvalue weighted by molar-refractivity contribution is -0.122. The van der Waals surface area contributed by atoms with E-state index in [1.807, 2.05) is 13.8 Å². The molecule has 1 saturated carbocycles. The third kappa shape index (κ3) is 7.75. The Hall–Kier alpha value is -3.01. The molecule has 1 heterocycles. The summed E-state index contributed by atoms with van der Waals surface area (Å²) in [5.74, 6) is -1.21. The van der Waals surface area contributed by atoms with Gasteiger partial charge in [-0.05, 0) is 73.3 Å². The maximum Gasteiger partial charge on any atom is 0.273 e. The Kier molecular flexibility index (Phi) is 10.6. The van der Waals surface area contributed by atoms with Crippen molar-refractivity contribution in [3.63, 3.8) is 0 Å². The van der Waals surface area contributed by atoms with Gasteiger partial charge in [-0.3, -0.25) is 19.3 Å². The molecule has 38 heavy (non-hydrogen) atoms. The molecule has 3 amide bonds. The molecule has 10 heteroatoms. The highest BCUT2D eigenvalue weighted by Gasteiger charge is 2.35. The Morgan fingerprint density at radius 1 is 1.08 bits per heavy atom. The Labute approximate surface area is 228 Å². The van der Waals surface area contributed by atoms with E-state index >= 15 is 0 Å². The second-order valence-corrected chi connectivity index (χ2v) is 11.6. The van der Waals surface area contributed by atoms with Crippen LogP contribution in [0.15, 0.2) is 24.3 Å². The van der Waals surface area contributed by atoms with Gasteiger partial charge >= 0.3 is 0 Å². The first kappa shape index (κ1) is 29.5. The molecule has 0 saturated heterocycles. The molecule has 4 N–H and O–H groups in total. The molecule has 8 nitrogen and oxygen atoms in total. The smallest absolute Gasteiger partial charge is 0.273 e. The van der Waals surface area contributed by atoms with Crippen LogP contribution in [0.1, 0.15) is 92.8 Å². The molecule has 1 aromatic heterocycles. The van der Waals surface area contributed by atoms with E-state index in [9.17, 15) is 18.8 Å². The summed E-state index contributed by atoms with van der Waals surface area (Å²) in [6.07, 6.45) is 6.27. The molecule has 1 aromatic carbocycles. The third-order valence-corrected chi connectivity index (χ3v) is 7.58. The number of carbonyl (C=O) groups is 3. The van der Waals surface area contributed by atoms with Gasteiger partial charge in [0.1, 0.15) is 16.7 Å². The number of hydrogen-bond donors (Lipinski definition) is 3. The molecule has 208 valence electrons. The van der Waals surface area contributed by atoms with Crippen molar-refractivity contribution in [2.75, 3.05) is 17.2 Å². The van der Waals surface area contributed by atoms with E-state index in [-0.39, 0.29) is 34.1 Å². The summed E-state index contributed by atoms with van der Waals surface area (Å²) in [4.78, 5) is 41.8. The van der Waals surface area contributed by atoms with E-state index in [4.69, 9.17) is 5.73 Å².